The highest BCUT2D eigenvalue weighted by Gasteiger charge is 2.29. The minimum atomic E-state index is 0.389. The molecule has 1 aliphatic heterocycles. The Morgan fingerprint density at radius 2 is 2.33 bits per heavy atom. The van der Waals surface area contributed by atoms with Crippen LogP contribution in [0.2, 0.25) is 0 Å². The van der Waals surface area contributed by atoms with E-state index in [2.05, 4.69) is 36.3 Å². The van der Waals surface area contributed by atoms with E-state index < -0.39 is 0 Å². The summed E-state index contributed by atoms with van der Waals surface area (Å²) >= 11 is 1.85. The first-order chi connectivity index (χ1) is 7.18. The van der Waals surface area contributed by atoms with E-state index in [4.69, 9.17) is 5.73 Å². The van der Waals surface area contributed by atoms with Gasteiger partial charge in [0.2, 0.25) is 0 Å². The third kappa shape index (κ3) is 2.41. The van der Waals surface area contributed by atoms with Gasteiger partial charge in [-0.3, -0.25) is 4.90 Å². The number of hydrogen-bond acceptors (Lipinski definition) is 3. The van der Waals surface area contributed by atoms with Crippen LogP contribution in [0.15, 0.2) is 17.5 Å². The minimum Gasteiger partial charge on any atom is -0.327 e. The summed E-state index contributed by atoms with van der Waals surface area (Å²) in [6.45, 7) is 6.81. The fraction of sp³-hybridized carbons (Fsp3) is 0.667. The molecule has 0 amide bonds. The molecule has 0 aromatic carbocycles. The Morgan fingerprint density at radius 1 is 1.53 bits per heavy atom. The zero-order valence-electron chi connectivity index (χ0n) is 9.52. The summed E-state index contributed by atoms with van der Waals surface area (Å²) in [5.41, 5.74) is 6.08. The van der Waals surface area contributed by atoms with Crippen molar-refractivity contribution in [2.75, 3.05) is 6.54 Å². The van der Waals surface area contributed by atoms with E-state index in [9.17, 15) is 0 Å². The smallest absolute Gasteiger partial charge is 0.0330 e. The fourth-order valence-electron chi connectivity index (χ4n) is 2.30. The van der Waals surface area contributed by atoms with Crippen LogP contribution < -0.4 is 5.73 Å². The van der Waals surface area contributed by atoms with Gasteiger partial charge in [0.15, 0.2) is 0 Å². The maximum absolute atomic E-state index is 6.08. The summed E-state index contributed by atoms with van der Waals surface area (Å²) < 4.78 is 0. The number of piperidine rings is 1. The number of thiophene rings is 1. The quantitative estimate of drug-likeness (QED) is 0.835. The van der Waals surface area contributed by atoms with E-state index in [1.54, 1.807) is 0 Å². The molecule has 1 aromatic heterocycles. The molecule has 3 heteroatoms. The number of hydrogen-bond donors (Lipinski definition) is 1. The summed E-state index contributed by atoms with van der Waals surface area (Å²) in [5, 5.41) is 2.15. The second kappa shape index (κ2) is 4.64. The molecule has 2 heterocycles. The van der Waals surface area contributed by atoms with Crippen LogP contribution in [0.5, 0.6) is 0 Å². The average Bonchev–Trinajstić information content (AvgIpc) is 2.72. The molecule has 3 unspecified atom stereocenters. The third-order valence-corrected chi connectivity index (χ3v) is 4.56. The topological polar surface area (TPSA) is 29.3 Å². The third-order valence-electron chi connectivity index (χ3n) is 3.70. The molecule has 2 N–H and O–H groups in total. The number of nitrogens with zero attached hydrogens (tertiary/aromatic N) is 1. The lowest BCUT2D eigenvalue weighted by molar-refractivity contribution is 0.0920. The largest absolute Gasteiger partial charge is 0.327 e. The van der Waals surface area contributed by atoms with Gasteiger partial charge in [-0.05, 0) is 30.7 Å². The van der Waals surface area contributed by atoms with E-state index in [0.717, 1.165) is 19.5 Å². The van der Waals surface area contributed by atoms with Gasteiger partial charge in [-0.15, -0.1) is 11.3 Å². The molecule has 1 fully saturated rings. The lowest BCUT2D eigenvalue weighted by Crippen LogP contribution is -2.51. The van der Waals surface area contributed by atoms with Gasteiger partial charge in [0.25, 0.3) is 0 Å². The SMILES string of the molecule is CC1C(N)CCN(Cc2cccs2)C1C. The maximum Gasteiger partial charge on any atom is 0.0330 e. The summed E-state index contributed by atoms with van der Waals surface area (Å²) in [6.07, 6.45) is 1.14. The average molecular weight is 224 g/mol. The van der Waals surface area contributed by atoms with E-state index in [1.807, 2.05) is 11.3 Å². The van der Waals surface area contributed by atoms with Crippen molar-refractivity contribution < 1.29 is 0 Å². The van der Waals surface area contributed by atoms with Crippen LogP contribution in [-0.2, 0) is 6.54 Å². The Kier molecular flexibility index (Phi) is 3.44. The molecule has 15 heavy (non-hydrogen) atoms. The maximum atomic E-state index is 6.08. The Labute approximate surface area is 96.1 Å². The molecule has 1 aromatic rings. The van der Waals surface area contributed by atoms with Crippen molar-refractivity contribution >= 4 is 11.3 Å². The number of rotatable bonds is 2. The molecule has 2 rings (SSSR count). The predicted octanol–water partition coefficient (Wildman–Crippen LogP) is 2.31. The monoisotopic (exact) mass is 224 g/mol. The highest BCUT2D eigenvalue weighted by atomic mass is 32.1. The fourth-order valence-corrected chi connectivity index (χ4v) is 3.03. The molecule has 0 aliphatic carbocycles. The van der Waals surface area contributed by atoms with Crippen LogP contribution in [0.25, 0.3) is 0 Å². The second-order valence-electron chi connectivity index (χ2n) is 4.60. The number of likely N-dealkylation sites (tertiary alicyclic amines) is 1. The molecule has 3 atom stereocenters. The van der Waals surface area contributed by atoms with Gasteiger partial charge < -0.3 is 5.73 Å². The van der Waals surface area contributed by atoms with E-state index in [-0.39, 0.29) is 0 Å². The van der Waals surface area contributed by atoms with Gasteiger partial charge in [0.05, 0.1) is 0 Å². The highest BCUT2D eigenvalue weighted by molar-refractivity contribution is 7.09. The van der Waals surface area contributed by atoms with Crippen molar-refractivity contribution in [2.24, 2.45) is 11.7 Å². The normalized spacial score (nSPS) is 33.1. The Hall–Kier alpha value is -0.380. The van der Waals surface area contributed by atoms with E-state index in [1.165, 1.54) is 4.88 Å². The second-order valence-corrected chi connectivity index (χ2v) is 5.63. The Bertz CT molecular complexity index is 297. The van der Waals surface area contributed by atoms with Crippen LogP contribution in [-0.4, -0.2) is 23.5 Å². The van der Waals surface area contributed by atoms with Crippen molar-refractivity contribution in [2.45, 2.75) is 38.9 Å². The lowest BCUT2D eigenvalue weighted by Gasteiger charge is -2.41. The zero-order valence-corrected chi connectivity index (χ0v) is 10.3. The van der Waals surface area contributed by atoms with Crippen molar-refractivity contribution in [1.29, 1.82) is 0 Å². The molecular weight excluding hydrogens is 204 g/mol. The predicted molar refractivity (Wildman–Crippen MR) is 65.9 cm³/mol. The van der Waals surface area contributed by atoms with Crippen molar-refractivity contribution in [3.63, 3.8) is 0 Å². The van der Waals surface area contributed by atoms with Gasteiger partial charge in [-0.2, -0.15) is 0 Å². The van der Waals surface area contributed by atoms with Gasteiger partial charge in [-0.1, -0.05) is 13.0 Å². The summed E-state index contributed by atoms with van der Waals surface area (Å²) in [5.74, 6) is 0.610. The summed E-state index contributed by atoms with van der Waals surface area (Å²) in [4.78, 5) is 4.02. The summed E-state index contributed by atoms with van der Waals surface area (Å²) in [7, 11) is 0. The van der Waals surface area contributed by atoms with Crippen LogP contribution in [0.4, 0.5) is 0 Å². The first kappa shape index (κ1) is 11.1. The van der Waals surface area contributed by atoms with Crippen molar-refractivity contribution in [3.05, 3.63) is 22.4 Å². The van der Waals surface area contributed by atoms with Gasteiger partial charge in [-0.25, -0.2) is 0 Å². The van der Waals surface area contributed by atoms with E-state index >= 15 is 0 Å². The molecule has 0 bridgehead atoms. The molecule has 84 valence electrons. The molecule has 0 spiro atoms. The summed E-state index contributed by atoms with van der Waals surface area (Å²) in [6, 6.07) is 5.34. The van der Waals surface area contributed by atoms with Crippen LogP contribution in [0.3, 0.4) is 0 Å². The van der Waals surface area contributed by atoms with E-state index in [0.29, 0.717) is 18.0 Å². The van der Waals surface area contributed by atoms with Crippen LogP contribution in [0, 0.1) is 5.92 Å². The van der Waals surface area contributed by atoms with Crippen molar-refractivity contribution in [1.82, 2.24) is 4.90 Å². The molecule has 2 nitrogen and oxygen atoms in total. The van der Waals surface area contributed by atoms with Crippen LogP contribution >= 0.6 is 11.3 Å². The molecule has 1 aliphatic rings. The van der Waals surface area contributed by atoms with Crippen LogP contribution in [0.1, 0.15) is 25.1 Å². The standard InChI is InChI=1S/C12H20N2S/c1-9-10(2)14(6-5-12(9)13)8-11-4-3-7-15-11/h3-4,7,9-10,12H,5-6,8,13H2,1-2H3. The molecule has 0 radical (unpaired) electrons. The van der Waals surface area contributed by atoms with Gasteiger partial charge >= 0.3 is 0 Å². The Balaban J connectivity index is 1.98. The number of nitrogens with two attached hydrogens (primary N) is 1. The zero-order chi connectivity index (χ0) is 10.8. The van der Waals surface area contributed by atoms with Crippen molar-refractivity contribution in [3.8, 4) is 0 Å². The first-order valence-corrected chi connectivity index (χ1v) is 6.58. The van der Waals surface area contributed by atoms with Gasteiger partial charge in [0, 0.05) is 30.1 Å². The molecule has 0 saturated carbocycles. The van der Waals surface area contributed by atoms with Gasteiger partial charge in [0.1, 0.15) is 0 Å². The molecule has 1 saturated heterocycles. The highest BCUT2D eigenvalue weighted by Crippen LogP contribution is 2.24. The first-order valence-electron chi connectivity index (χ1n) is 5.70. The lowest BCUT2D eigenvalue weighted by atomic mass is 9.88. The Morgan fingerprint density at radius 3 is 3.00 bits per heavy atom. The minimum absolute atomic E-state index is 0.389. The molecular formula is C12H20N2S.